The fraction of sp³-hybridized carbons (Fsp3) is 0.529. The number of thioether (sulfide) groups is 1. The molecule has 1 heterocycles. The van der Waals surface area contributed by atoms with Crippen molar-refractivity contribution in [3.05, 3.63) is 24.3 Å². The molecule has 0 radical (unpaired) electrons. The van der Waals surface area contributed by atoms with Crippen LogP contribution in [0, 0.1) is 0 Å². The molecule has 0 saturated carbocycles. The maximum atomic E-state index is 12.0. The number of nitrogens with one attached hydrogen (secondary N) is 1. The van der Waals surface area contributed by atoms with Crippen molar-refractivity contribution in [1.29, 1.82) is 0 Å². The van der Waals surface area contributed by atoms with Crippen LogP contribution in [0.1, 0.15) is 6.42 Å². The molecule has 1 saturated heterocycles. The Kier molecular flexibility index (Phi) is 8.03. The van der Waals surface area contributed by atoms with Crippen molar-refractivity contribution in [3.63, 3.8) is 0 Å². The fourth-order valence-electron chi connectivity index (χ4n) is 2.29. The minimum atomic E-state index is -0.519. The number of benzene rings is 1. The van der Waals surface area contributed by atoms with Gasteiger partial charge in [-0.3, -0.25) is 9.59 Å². The molecular formula is C17H25N3O4S. The second kappa shape index (κ2) is 10.3. The second-order valence-electron chi connectivity index (χ2n) is 5.68. The number of hydrogen-bond donors (Lipinski definition) is 2. The monoisotopic (exact) mass is 367 g/mol. The summed E-state index contributed by atoms with van der Waals surface area (Å²) in [6, 6.07) is 6.38. The highest BCUT2D eigenvalue weighted by atomic mass is 32.2. The number of ether oxygens (including phenoxy) is 2. The van der Waals surface area contributed by atoms with Gasteiger partial charge in [-0.1, -0.05) is 0 Å². The molecule has 138 valence electrons. The summed E-state index contributed by atoms with van der Waals surface area (Å²) >= 11 is 1.66. The van der Waals surface area contributed by atoms with Gasteiger partial charge in [0.2, 0.25) is 5.91 Å². The molecule has 1 aromatic carbocycles. The normalized spacial score (nSPS) is 15.5. The summed E-state index contributed by atoms with van der Waals surface area (Å²) in [4.78, 5) is 25.7. The first-order valence-corrected chi connectivity index (χ1v) is 9.63. The van der Waals surface area contributed by atoms with Gasteiger partial charge in [0, 0.05) is 18.8 Å². The average Bonchev–Trinajstić information content (AvgIpc) is 2.65. The third-order valence-electron chi connectivity index (χ3n) is 3.82. The van der Waals surface area contributed by atoms with Crippen LogP contribution in [0.5, 0.6) is 5.75 Å². The molecule has 0 aromatic heterocycles. The molecule has 1 aromatic rings. The van der Waals surface area contributed by atoms with E-state index in [-0.39, 0.29) is 18.4 Å². The van der Waals surface area contributed by atoms with Gasteiger partial charge in [-0.2, -0.15) is 11.8 Å². The summed E-state index contributed by atoms with van der Waals surface area (Å²) in [5.74, 6) is 1.16. The minimum absolute atomic E-state index is 0.00867. The van der Waals surface area contributed by atoms with Crippen LogP contribution in [0.3, 0.4) is 0 Å². The Morgan fingerprint density at radius 1 is 1.32 bits per heavy atom. The predicted octanol–water partition coefficient (Wildman–Crippen LogP) is 0.943. The van der Waals surface area contributed by atoms with Crippen molar-refractivity contribution in [2.75, 3.05) is 50.2 Å². The van der Waals surface area contributed by atoms with Gasteiger partial charge < -0.3 is 25.4 Å². The van der Waals surface area contributed by atoms with E-state index in [9.17, 15) is 9.59 Å². The lowest BCUT2D eigenvalue weighted by Gasteiger charge is -2.26. The average molecular weight is 367 g/mol. The molecule has 7 nitrogen and oxygen atoms in total. The van der Waals surface area contributed by atoms with Crippen LogP contribution >= 0.6 is 11.8 Å². The molecule has 8 heteroatoms. The van der Waals surface area contributed by atoms with Crippen molar-refractivity contribution >= 4 is 29.3 Å². The zero-order valence-corrected chi connectivity index (χ0v) is 15.2. The maximum Gasteiger partial charge on any atom is 0.260 e. The van der Waals surface area contributed by atoms with Gasteiger partial charge in [-0.15, -0.1) is 0 Å². The van der Waals surface area contributed by atoms with E-state index >= 15 is 0 Å². The zero-order valence-electron chi connectivity index (χ0n) is 14.4. The third-order valence-corrected chi connectivity index (χ3v) is 4.46. The summed E-state index contributed by atoms with van der Waals surface area (Å²) in [6.45, 7) is 2.33. The highest BCUT2D eigenvalue weighted by molar-refractivity contribution is 7.98. The lowest BCUT2D eigenvalue weighted by Crippen LogP contribution is -2.42. The Labute approximate surface area is 152 Å². The molecule has 0 bridgehead atoms. The van der Waals surface area contributed by atoms with Crippen molar-refractivity contribution < 1.29 is 19.1 Å². The highest BCUT2D eigenvalue weighted by Gasteiger charge is 2.17. The van der Waals surface area contributed by atoms with E-state index in [1.807, 2.05) is 6.26 Å². The van der Waals surface area contributed by atoms with Gasteiger partial charge in [0.15, 0.2) is 6.61 Å². The summed E-state index contributed by atoms with van der Waals surface area (Å²) in [5.41, 5.74) is 6.48. The Morgan fingerprint density at radius 2 is 2.00 bits per heavy atom. The molecule has 1 aliphatic heterocycles. The third kappa shape index (κ3) is 6.56. The summed E-state index contributed by atoms with van der Waals surface area (Å²) in [5, 5.41) is 2.78. The van der Waals surface area contributed by atoms with Crippen molar-refractivity contribution in [2.24, 2.45) is 5.73 Å². The van der Waals surface area contributed by atoms with Crippen LogP contribution in [0.25, 0.3) is 0 Å². The Morgan fingerprint density at radius 3 is 2.64 bits per heavy atom. The van der Waals surface area contributed by atoms with Crippen LogP contribution in [0.15, 0.2) is 24.3 Å². The predicted molar refractivity (Wildman–Crippen MR) is 98.9 cm³/mol. The molecule has 1 aliphatic rings. The Hall–Kier alpha value is -1.77. The second-order valence-corrected chi connectivity index (χ2v) is 6.67. The van der Waals surface area contributed by atoms with Gasteiger partial charge in [-0.25, -0.2) is 0 Å². The summed E-state index contributed by atoms with van der Waals surface area (Å²) in [6.07, 6.45) is 2.62. The van der Waals surface area contributed by atoms with E-state index < -0.39 is 6.04 Å². The molecule has 25 heavy (non-hydrogen) atoms. The molecule has 3 N–H and O–H groups in total. The number of hydrogen-bond acceptors (Lipinski definition) is 6. The first-order valence-electron chi connectivity index (χ1n) is 8.24. The van der Waals surface area contributed by atoms with Crippen LogP contribution in [-0.4, -0.2) is 67.7 Å². The molecule has 1 unspecified atom stereocenters. The number of amides is 2. The van der Waals surface area contributed by atoms with Crippen molar-refractivity contribution in [3.8, 4) is 5.75 Å². The van der Waals surface area contributed by atoms with Gasteiger partial charge in [0.05, 0.1) is 19.3 Å². The van der Waals surface area contributed by atoms with E-state index in [0.717, 1.165) is 5.75 Å². The number of anilines is 1. The Balaban J connectivity index is 1.77. The molecule has 0 spiro atoms. The minimum Gasteiger partial charge on any atom is -0.484 e. The number of carbonyl (C=O) groups excluding carboxylic acids is 2. The maximum absolute atomic E-state index is 12.0. The van der Waals surface area contributed by atoms with Crippen molar-refractivity contribution in [1.82, 2.24) is 4.90 Å². The SMILES string of the molecule is CSCCC(N)C(=O)Nc1ccc(OCC(=O)N2CCOCC2)cc1. The van der Waals surface area contributed by atoms with E-state index in [1.54, 1.807) is 40.9 Å². The van der Waals surface area contributed by atoms with Crippen LogP contribution in [0.4, 0.5) is 5.69 Å². The van der Waals surface area contributed by atoms with Gasteiger partial charge in [-0.05, 0) is 42.7 Å². The standard InChI is InChI=1S/C17H25N3O4S/c1-25-11-6-15(18)17(22)19-13-2-4-14(5-3-13)24-12-16(21)20-7-9-23-10-8-20/h2-5,15H,6-12,18H2,1H3,(H,19,22). The molecule has 2 amide bonds. The lowest BCUT2D eigenvalue weighted by molar-refractivity contribution is -0.137. The number of nitrogens with two attached hydrogens (primary N) is 1. The van der Waals surface area contributed by atoms with Crippen LogP contribution < -0.4 is 15.8 Å². The summed E-state index contributed by atoms with van der Waals surface area (Å²) in [7, 11) is 0. The quantitative estimate of drug-likeness (QED) is 0.710. The first-order chi connectivity index (χ1) is 12.1. The molecule has 2 rings (SSSR count). The lowest BCUT2D eigenvalue weighted by atomic mass is 10.2. The number of nitrogens with zero attached hydrogens (tertiary/aromatic N) is 1. The molecule has 1 fully saturated rings. The Bertz CT molecular complexity index is 562. The van der Waals surface area contributed by atoms with Gasteiger partial charge in [0.25, 0.3) is 5.91 Å². The van der Waals surface area contributed by atoms with E-state index in [0.29, 0.717) is 44.2 Å². The molecule has 0 aliphatic carbocycles. The fourth-order valence-corrected chi connectivity index (χ4v) is 2.78. The number of morpholine rings is 1. The van der Waals surface area contributed by atoms with E-state index in [4.69, 9.17) is 15.2 Å². The summed E-state index contributed by atoms with van der Waals surface area (Å²) < 4.78 is 10.7. The van der Waals surface area contributed by atoms with E-state index in [1.165, 1.54) is 0 Å². The topological polar surface area (TPSA) is 93.9 Å². The first kappa shape index (κ1) is 19.6. The number of rotatable bonds is 8. The van der Waals surface area contributed by atoms with Gasteiger partial charge in [0.1, 0.15) is 5.75 Å². The zero-order chi connectivity index (χ0) is 18.1. The molecular weight excluding hydrogens is 342 g/mol. The van der Waals surface area contributed by atoms with Crippen molar-refractivity contribution in [2.45, 2.75) is 12.5 Å². The van der Waals surface area contributed by atoms with Crippen LogP contribution in [-0.2, 0) is 14.3 Å². The van der Waals surface area contributed by atoms with Gasteiger partial charge >= 0.3 is 0 Å². The largest absolute Gasteiger partial charge is 0.484 e. The number of carbonyl (C=O) groups is 2. The van der Waals surface area contributed by atoms with Crippen LogP contribution in [0.2, 0.25) is 0 Å². The van der Waals surface area contributed by atoms with E-state index in [2.05, 4.69) is 5.32 Å². The molecule has 1 atom stereocenters. The smallest absolute Gasteiger partial charge is 0.260 e. The highest BCUT2D eigenvalue weighted by Crippen LogP contribution is 2.16.